The Hall–Kier alpha value is -1.89. The number of thiophene rings is 1. The van der Waals surface area contributed by atoms with Gasteiger partial charge in [0.15, 0.2) is 0 Å². The van der Waals surface area contributed by atoms with Gasteiger partial charge in [-0.2, -0.15) is 11.3 Å². The molecule has 3 amide bonds. The van der Waals surface area contributed by atoms with E-state index in [1.807, 2.05) is 16.8 Å². The molecule has 0 spiro atoms. The molecule has 0 aliphatic carbocycles. The number of urea groups is 1. The van der Waals surface area contributed by atoms with Crippen molar-refractivity contribution in [2.75, 3.05) is 0 Å². The van der Waals surface area contributed by atoms with Crippen LogP contribution in [-0.4, -0.2) is 23.0 Å². The largest absolute Gasteiger partial charge is 0.481 e. The molecule has 0 atom stereocenters. The minimum absolute atomic E-state index is 0.0226. The van der Waals surface area contributed by atoms with Gasteiger partial charge >= 0.3 is 12.0 Å². The third-order valence-electron chi connectivity index (χ3n) is 2.56. The smallest absolute Gasteiger partial charge is 0.321 e. The number of carbonyl (C=O) groups is 3. The summed E-state index contributed by atoms with van der Waals surface area (Å²) in [5, 5.41) is 17.3. The predicted molar refractivity (Wildman–Crippen MR) is 75.3 cm³/mol. The Morgan fingerprint density at radius 3 is 2.55 bits per heavy atom. The van der Waals surface area contributed by atoms with Gasteiger partial charge < -0.3 is 10.4 Å². The maximum atomic E-state index is 11.6. The Labute approximate surface area is 121 Å². The van der Waals surface area contributed by atoms with Gasteiger partial charge in [-0.15, -0.1) is 0 Å². The quantitative estimate of drug-likeness (QED) is 0.748. The standard InChI is InChI=1S/C13H18N2O4S/c1-13(2,6-11(17)18)5-10(16)15-12(19)14-7-9-3-4-20-8-9/h3-4,8H,5-7H2,1-2H3,(H,17,18)(H2,14,15,16,19). The van der Waals surface area contributed by atoms with E-state index in [0.717, 1.165) is 5.56 Å². The van der Waals surface area contributed by atoms with Gasteiger partial charge in [-0.05, 0) is 27.8 Å². The lowest BCUT2D eigenvalue weighted by atomic mass is 9.85. The number of amides is 3. The number of carboxylic acids is 1. The van der Waals surface area contributed by atoms with E-state index in [4.69, 9.17) is 5.11 Å². The van der Waals surface area contributed by atoms with Gasteiger partial charge in [0.1, 0.15) is 0 Å². The van der Waals surface area contributed by atoms with Crippen LogP contribution in [0.15, 0.2) is 16.8 Å². The first-order valence-corrected chi connectivity index (χ1v) is 7.03. The van der Waals surface area contributed by atoms with Crippen molar-refractivity contribution in [1.82, 2.24) is 10.6 Å². The maximum Gasteiger partial charge on any atom is 0.321 e. The summed E-state index contributed by atoms with van der Waals surface area (Å²) >= 11 is 1.52. The van der Waals surface area contributed by atoms with Gasteiger partial charge in [0, 0.05) is 13.0 Å². The molecule has 0 aliphatic heterocycles. The molecule has 3 N–H and O–H groups in total. The summed E-state index contributed by atoms with van der Waals surface area (Å²) in [7, 11) is 0. The van der Waals surface area contributed by atoms with Crippen LogP contribution in [0.25, 0.3) is 0 Å². The molecule has 20 heavy (non-hydrogen) atoms. The lowest BCUT2D eigenvalue weighted by Crippen LogP contribution is -2.40. The minimum atomic E-state index is -0.968. The van der Waals surface area contributed by atoms with Gasteiger partial charge in [-0.3, -0.25) is 14.9 Å². The van der Waals surface area contributed by atoms with Crippen LogP contribution in [0.4, 0.5) is 4.79 Å². The summed E-state index contributed by atoms with van der Waals surface area (Å²) in [5.74, 6) is -1.45. The van der Waals surface area contributed by atoms with Crippen molar-refractivity contribution in [1.29, 1.82) is 0 Å². The molecular weight excluding hydrogens is 280 g/mol. The van der Waals surface area contributed by atoms with Gasteiger partial charge in [-0.25, -0.2) is 4.79 Å². The summed E-state index contributed by atoms with van der Waals surface area (Å²) < 4.78 is 0. The maximum absolute atomic E-state index is 11.6. The topological polar surface area (TPSA) is 95.5 Å². The zero-order valence-corrected chi connectivity index (χ0v) is 12.3. The monoisotopic (exact) mass is 298 g/mol. The van der Waals surface area contributed by atoms with E-state index >= 15 is 0 Å². The van der Waals surface area contributed by atoms with Crippen molar-refractivity contribution in [3.05, 3.63) is 22.4 Å². The van der Waals surface area contributed by atoms with Gasteiger partial charge in [-0.1, -0.05) is 13.8 Å². The fourth-order valence-corrected chi connectivity index (χ4v) is 2.37. The fraction of sp³-hybridized carbons (Fsp3) is 0.462. The average Bonchev–Trinajstić information content (AvgIpc) is 2.75. The third-order valence-corrected chi connectivity index (χ3v) is 3.29. The van der Waals surface area contributed by atoms with E-state index in [1.54, 1.807) is 13.8 Å². The van der Waals surface area contributed by atoms with Gasteiger partial charge in [0.2, 0.25) is 5.91 Å². The molecule has 0 fully saturated rings. The van der Waals surface area contributed by atoms with Crippen LogP contribution in [0.1, 0.15) is 32.3 Å². The Kier molecular flexibility index (Phi) is 5.69. The molecule has 0 saturated heterocycles. The van der Waals surface area contributed by atoms with E-state index in [2.05, 4.69) is 10.6 Å². The first-order chi connectivity index (χ1) is 9.28. The molecule has 7 heteroatoms. The van der Waals surface area contributed by atoms with Gasteiger partial charge in [0.25, 0.3) is 0 Å². The van der Waals surface area contributed by atoms with Crippen molar-refractivity contribution < 1.29 is 19.5 Å². The molecule has 0 saturated carbocycles. The predicted octanol–water partition coefficient (Wildman–Crippen LogP) is 1.96. The zero-order valence-electron chi connectivity index (χ0n) is 11.4. The van der Waals surface area contributed by atoms with Crippen LogP contribution < -0.4 is 10.6 Å². The average molecular weight is 298 g/mol. The molecule has 1 rings (SSSR count). The van der Waals surface area contributed by atoms with Gasteiger partial charge in [0.05, 0.1) is 6.42 Å². The lowest BCUT2D eigenvalue weighted by molar-refractivity contribution is -0.139. The number of hydrogen-bond donors (Lipinski definition) is 3. The van der Waals surface area contributed by atoms with Crippen molar-refractivity contribution in [2.45, 2.75) is 33.2 Å². The van der Waals surface area contributed by atoms with E-state index < -0.39 is 23.3 Å². The number of nitrogens with one attached hydrogen (secondary N) is 2. The fourth-order valence-electron chi connectivity index (χ4n) is 1.70. The molecule has 0 unspecified atom stereocenters. The second-order valence-corrected chi connectivity index (χ2v) is 6.05. The summed E-state index contributed by atoms with van der Waals surface area (Å²) in [6, 6.07) is 1.30. The van der Waals surface area contributed by atoms with Crippen molar-refractivity contribution in [3.63, 3.8) is 0 Å². The highest BCUT2D eigenvalue weighted by atomic mass is 32.1. The van der Waals surface area contributed by atoms with Crippen molar-refractivity contribution in [2.24, 2.45) is 5.41 Å². The number of carboxylic acid groups (broad SMARTS) is 1. The zero-order chi connectivity index (χ0) is 15.2. The van der Waals surface area contributed by atoms with Crippen molar-refractivity contribution >= 4 is 29.2 Å². The third kappa shape index (κ3) is 6.33. The van der Waals surface area contributed by atoms with E-state index in [9.17, 15) is 14.4 Å². The molecule has 1 heterocycles. The Morgan fingerprint density at radius 2 is 2.00 bits per heavy atom. The highest BCUT2D eigenvalue weighted by molar-refractivity contribution is 7.07. The molecule has 1 aromatic heterocycles. The summed E-state index contributed by atoms with van der Waals surface area (Å²) in [6.07, 6.45) is -0.151. The molecule has 0 aromatic carbocycles. The summed E-state index contributed by atoms with van der Waals surface area (Å²) in [4.78, 5) is 33.8. The summed E-state index contributed by atoms with van der Waals surface area (Å²) in [5.41, 5.74) is 0.271. The molecule has 6 nitrogen and oxygen atoms in total. The molecule has 0 bridgehead atoms. The number of rotatable bonds is 6. The highest BCUT2D eigenvalue weighted by Crippen LogP contribution is 2.24. The molecular formula is C13H18N2O4S. The van der Waals surface area contributed by atoms with Crippen molar-refractivity contribution in [3.8, 4) is 0 Å². The second-order valence-electron chi connectivity index (χ2n) is 5.27. The Bertz CT molecular complexity index is 483. The van der Waals surface area contributed by atoms with Crippen LogP contribution in [0.3, 0.4) is 0 Å². The molecule has 0 aliphatic rings. The van der Waals surface area contributed by atoms with E-state index in [0.29, 0.717) is 6.54 Å². The van der Waals surface area contributed by atoms with E-state index in [-0.39, 0.29) is 12.8 Å². The van der Waals surface area contributed by atoms with Crippen LogP contribution in [-0.2, 0) is 16.1 Å². The molecule has 1 aromatic rings. The van der Waals surface area contributed by atoms with Crippen LogP contribution in [0, 0.1) is 5.41 Å². The number of carbonyl (C=O) groups excluding carboxylic acids is 2. The van der Waals surface area contributed by atoms with E-state index in [1.165, 1.54) is 11.3 Å². The highest BCUT2D eigenvalue weighted by Gasteiger charge is 2.25. The normalized spacial score (nSPS) is 10.9. The first-order valence-electron chi connectivity index (χ1n) is 6.09. The Morgan fingerprint density at radius 1 is 1.30 bits per heavy atom. The van der Waals surface area contributed by atoms with Crippen LogP contribution in [0.5, 0.6) is 0 Å². The van der Waals surface area contributed by atoms with Crippen LogP contribution in [0.2, 0.25) is 0 Å². The number of imide groups is 1. The molecule has 110 valence electrons. The minimum Gasteiger partial charge on any atom is -0.481 e. The number of aliphatic carboxylic acids is 1. The lowest BCUT2D eigenvalue weighted by Gasteiger charge is -2.21. The SMILES string of the molecule is CC(C)(CC(=O)O)CC(=O)NC(=O)NCc1ccsc1. The number of hydrogen-bond acceptors (Lipinski definition) is 4. The second kappa shape index (κ2) is 7.04. The molecule has 0 radical (unpaired) electrons. The van der Waals surface area contributed by atoms with Crippen LogP contribution >= 0.6 is 11.3 Å². The summed E-state index contributed by atoms with van der Waals surface area (Å²) in [6.45, 7) is 3.69. The Balaban J connectivity index is 2.34. The first kappa shape index (κ1) is 16.2.